The Morgan fingerprint density at radius 3 is 2.11 bits per heavy atom. The smallest absolute Gasteiger partial charge is 0.235 e. The number of hydrogen-bond acceptors (Lipinski definition) is 4. The molecular weight excluding hydrogens is 817 g/mol. The van der Waals surface area contributed by atoms with E-state index in [0.29, 0.717) is 5.95 Å². The van der Waals surface area contributed by atoms with E-state index < -0.39 is 0 Å². The summed E-state index contributed by atoms with van der Waals surface area (Å²) in [7, 11) is 0. The first-order valence-corrected chi connectivity index (χ1v) is 23.5. The number of hydrogen-bond donors (Lipinski definition) is 0. The Balaban J connectivity index is 1.03. The van der Waals surface area contributed by atoms with Gasteiger partial charge in [-0.15, -0.1) is 22.7 Å². The Morgan fingerprint density at radius 2 is 1.22 bits per heavy atom. The van der Waals surface area contributed by atoms with Crippen molar-refractivity contribution in [2.75, 3.05) is 0 Å². The number of aryl methyl sites for hydroxylation is 1. The normalized spacial score (nSPS) is 12.8. The fourth-order valence-electron chi connectivity index (χ4n) is 10.3. The van der Waals surface area contributed by atoms with Crippen LogP contribution in [-0.2, 0) is 6.42 Å². The summed E-state index contributed by atoms with van der Waals surface area (Å²) in [4.78, 5) is 13.7. The summed E-state index contributed by atoms with van der Waals surface area (Å²) in [6, 6.07) is 66.4. The van der Waals surface area contributed by atoms with Gasteiger partial charge in [0.1, 0.15) is 0 Å². The topological polar surface area (TPSA) is 35.6 Å². The maximum atomic E-state index is 5.64. The van der Waals surface area contributed by atoms with Gasteiger partial charge >= 0.3 is 0 Å². The van der Waals surface area contributed by atoms with E-state index in [9.17, 15) is 0 Å². The summed E-state index contributed by atoms with van der Waals surface area (Å²) in [5, 5.41) is 8.56. The van der Waals surface area contributed by atoms with Gasteiger partial charge in [0.05, 0.1) is 38.0 Å². The molecular formula is C58H36N4S2. The number of fused-ring (bicyclic) bond motifs is 11. The number of para-hydroxylation sites is 2. The highest BCUT2D eigenvalue weighted by atomic mass is 32.1. The van der Waals surface area contributed by atoms with Gasteiger partial charge in [0.25, 0.3) is 0 Å². The van der Waals surface area contributed by atoms with Crippen molar-refractivity contribution >= 4 is 103 Å². The molecule has 0 fully saturated rings. The third kappa shape index (κ3) is 5.40. The van der Waals surface area contributed by atoms with Gasteiger partial charge < -0.3 is 4.57 Å². The zero-order valence-electron chi connectivity index (χ0n) is 34.5. The van der Waals surface area contributed by atoms with Gasteiger partial charge in [-0.2, -0.15) is 0 Å². The fraction of sp³-hybridized carbons (Fsp3) is 0.0345. The van der Waals surface area contributed by atoms with Gasteiger partial charge in [0.2, 0.25) is 5.95 Å². The zero-order chi connectivity index (χ0) is 41.9. The van der Waals surface area contributed by atoms with Crippen molar-refractivity contribution in [3.8, 4) is 44.5 Å². The van der Waals surface area contributed by atoms with Crippen molar-refractivity contribution in [1.82, 2.24) is 19.1 Å². The van der Waals surface area contributed by atoms with Crippen LogP contribution in [0.15, 0.2) is 188 Å². The third-order valence-electron chi connectivity index (χ3n) is 13.2. The molecule has 5 heterocycles. The maximum Gasteiger partial charge on any atom is 0.235 e. The molecule has 8 aromatic carbocycles. The molecule has 4 nitrogen and oxygen atoms in total. The molecule has 0 saturated carbocycles. The predicted octanol–water partition coefficient (Wildman–Crippen LogP) is 16.2. The molecule has 64 heavy (non-hydrogen) atoms. The number of aromatic nitrogens is 4. The summed E-state index contributed by atoms with van der Waals surface area (Å²) in [5.74, 6) is 0.673. The van der Waals surface area contributed by atoms with Crippen molar-refractivity contribution in [2.45, 2.75) is 12.8 Å². The molecule has 300 valence electrons. The summed E-state index contributed by atoms with van der Waals surface area (Å²) in [5.41, 5.74) is 13.8. The van der Waals surface area contributed by atoms with Gasteiger partial charge in [-0.3, -0.25) is 4.57 Å². The van der Waals surface area contributed by atoms with E-state index >= 15 is 0 Å². The second kappa shape index (κ2) is 13.9. The average molecular weight is 853 g/mol. The highest BCUT2D eigenvalue weighted by Gasteiger charge is 2.23. The maximum absolute atomic E-state index is 5.64. The Labute approximate surface area is 376 Å². The molecule has 14 rings (SSSR count). The van der Waals surface area contributed by atoms with Crippen molar-refractivity contribution in [2.24, 2.45) is 0 Å². The van der Waals surface area contributed by atoms with Crippen LogP contribution in [0, 0.1) is 0 Å². The van der Waals surface area contributed by atoms with Crippen LogP contribution in [0.1, 0.15) is 16.9 Å². The lowest BCUT2D eigenvalue weighted by molar-refractivity contribution is 1.01. The lowest BCUT2D eigenvalue weighted by Gasteiger charge is -2.11. The molecule has 0 unspecified atom stereocenters. The highest BCUT2D eigenvalue weighted by Crippen LogP contribution is 2.45. The van der Waals surface area contributed by atoms with E-state index in [1.807, 2.05) is 11.3 Å². The molecule has 0 atom stereocenters. The lowest BCUT2D eigenvalue weighted by atomic mass is 9.97. The number of rotatable bonds is 5. The van der Waals surface area contributed by atoms with Gasteiger partial charge in [0, 0.05) is 47.2 Å². The number of allylic oxidation sites excluding steroid dienone is 1. The second-order valence-electron chi connectivity index (χ2n) is 16.8. The Kier molecular flexibility index (Phi) is 7.82. The predicted molar refractivity (Wildman–Crippen MR) is 273 cm³/mol. The largest absolute Gasteiger partial charge is 0.309 e. The van der Waals surface area contributed by atoms with E-state index in [1.165, 1.54) is 85.4 Å². The summed E-state index contributed by atoms with van der Waals surface area (Å²) < 4.78 is 7.13. The van der Waals surface area contributed by atoms with Crippen LogP contribution >= 0.6 is 22.7 Å². The Bertz CT molecular complexity index is 4070. The minimum absolute atomic E-state index is 0.673. The van der Waals surface area contributed by atoms with Crippen LogP contribution in [0.25, 0.3) is 125 Å². The van der Waals surface area contributed by atoms with E-state index in [2.05, 4.69) is 203 Å². The van der Waals surface area contributed by atoms with Crippen LogP contribution in [0.5, 0.6) is 0 Å². The standard InChI is InChI=1S/C58H36N4S2/c1-3-14-35(15-4-1)54-34-47-57(64-54)56(39-27-29-53-46(32-39)42-20-10-12-25-52(42)63-53)60-58(59-47)62-49-28-26-38(31-44(49)45-30-36-16-7-8-17-37(36)33-51(45)62)41-22-13-24-50-55(41)43-21-9-11-23-48(43)61(50)40-18-5-2-6-19-40/h1-9,11-19,21-34H,10,20H2. The SMILES string of the molecule is C1=Cc2sc3ccc(-c4nc(-n5c6ccc(-c7cccc8c7c7ccccc7n8-c7ccccc7)cc6c6cc7ccccc7cc65)nc5cc(-c6ccccc6)sc45)cc3c2CC1. The van der Waals surface area contributed by atoms with E-state index in [-0.39, 0.29) is 0 Å². The van der Waals surface area contributed by atoms with Crippen molar-refractivity contribution in [3.05, 3.63) is 199 Å². The molecule has 0 bridgehead atoms. The minimum Gasteiger partial charge on any atom is -0.309 e. The quantitative estimate of drug-likeness (QED) is 0.173. The summed E-state index contributed by atoms with van der Waals surface area (Å²) >= 11 is 3.67. The molecule has 0 aliphatic heterocycles. The molecule has 5 aromatic heterocycles. The molecule has 6 heteroatoms. The van der Waals surface area contributed by atoms with Crippen LogP contribution in [-0.4, -0.2) is 19.1 Å². The average Bonchev–Trinajstić information content (AvgIpc) is 4.12. The lowest BCUT2D eigenvalue weighted by Crippen LogP contribution is -2.02. The first-order valence-electron chi connectivity index (χ1n) is 21.9. The number of thiophene rings is 2. The molecule has 0 N–H and O–H groups in total. The van der Waals surface area contributed by atoms with Gasteiger partial charge in [-0.05, 0) is 124 Å². The monoisotopic (exact) mass is 852 g/mol. The zero-order valence-corrected chi connectivity index (χ0v) is 36.1. The molecule has 1 aliphatic rings. The van der Waals surface area contributed by atoms with E-state index in [0.717, 1.165) is 51.0 Å². The number of nitrogens with zero attached hydrogens (tertiary/aromatic N) is 4. The Hall–Kier alpha value is -7.64. The van der Waals surface area contributed by atoms with Gasteiger partial charge in [-0.1, -0.05) is 121 Å². The van der Waals surface area contributed by atoms with Gasteiger partial charge in [0.15, 0.2) is 0 Å². The van der Waals surface area contributed by atoms with Gasteiger partial charge in [-0.25, -0.2) is 9.97 Å². The van der Waals surface area contributed by atoms with Crippen LogP contribution in [0.4, 0.5) is 0 Å². The number of benzene rings is 8. The molecule has 1 aliphatic carbocycles. The van der Waals surface area contributed by atoms with Crippen LogP contribution in [0.2, 0.25) is 0 Å². The molecule has 0 spiro atoms. The van der Waals surface area contributed by atoms with Crippen LogP contribution in [0.3, 0.4) is 0 Å². The molecule has 0 amide bonds. The van der Waals surface area contributed by atoms with Crippen molar-refractivity contribution in [1.29, 1.82) is 0 Å². The molecule has 0 radical (unpaired) electrons. The second-order valence-corrected chi connectivity index (χ2v) is 19.0. The fourth-order valence-corrected chi connectivity index (χ4v) is 12.6. The van der Waals surface area contributed by atoms with E-state index in [4.69, 9.17) is 9.97 Å². The first kappa shape index (κ1) is 35.9. The highest BCUT2D eigenvalue weighted by molar-refractivity contribution is 7.22. The van der Waals surface area contributed by atoms with E-state index in [1.54, 1.807) is 11.3 Å². The summed E-state index contributed by atoms with van der Waals surface area (Å²) in [6.07, 6.45) is 6.75. The van der Waals surface area contributed by atoms with Crippen LogP contribution < -0.4 is 0 Å². The first-order chi connectivity index (χ1) is 31.7. The molecule has 0 saturated heterocycles. The summed E-state index contributed by atoms with van der Waals surface area (Å²) in [6.45, 7) is 0. The minimum atomic E-state index is 0.673. The van der Waals surface area contributed by atoms with Crippen molar-refractivity contribution in [3.63, 3.8) is 0 Å². The van der Waals surface area contributed by atoms with Crippen molar-refractivity contribution < 1.29 is 0 Å². The molecule has 13 aromatic rings. The third-order valence-corrected chi connectivity index (χ3v) is 15.6. The Morgan fingerprint density at radius 1 is 0.484 bits per heavy atom.